The summed E-state index contributed by atoms with van der Waals surface area (Å²) < 4.78 is 22.3. The Morgan fingerprint density at radius 2 is 1.71 bits per heavy atom. The number of hydrogen-bond donors (Lipinski definition) is 2. The smallest absolute Gasteiger partial charge is 0.238 e. The van der Waals surface area contributed by atoms with Crippen molar-refractivity contribution in [1.82, 2.24) is 9.97 Å². The highest BCUT2D eigenvalue weighted by atomic mass is 35.5. The number of rotatable bonds is 4. The van der Waals surface area contributed by atoms with Gasteiger partial charge in [-0.2, -0.15) is 0 Å². The molecule has 0 unspecified atom stereocenters. The molecule has 1 aromatic carbocycles. The van der Waals surface area contributed by atoms with Gasteiger partial charge in [-0.25, -0.2) is 23.5 Å². The maximum atomic E-state index is 11.2. The van der Waals surface area contributed by atoms with Gasteiger partial charge in [-0.05, 0) is 31.5 Å². The zero-order chi connectivity index (χ0) is 15.6. The van der Waals surface area contributed by atoms with Crippen molar-refractivity contribution < 1.29 is 8.42 Å². The first-order chi connectivity index (χ1) is 9.77. The normalized spacial score (nSPS) is 11.4. The molecule has 0 aliphatic rings. The van der Waals surface area contributed by atoms with Crippen molar-refractivity contribution in [1.29, 1.82) is 0 Å². The van der Waals surface area contributed by atoms with Gasteiger partial charge in [0.1, 0.15) is 0 Å². The molecule has 112 valence electrons. The molecule has 0 fully saturated rings. The largest absolute Gasteiger partial charge is 0.363 e. The van der Waals surface area contributed by atoms with Crippen molar-refractivity contribution in [3.05, 3.63) is 46.4 Å². The van der Waals surface area contributed by atoms with Crippen LogP contribution in [0.1, 0.15) is 17.0 Å². The maximum Gasteiger partial charge on any atom is 0.238 e. The zero-order valence-corrected chi connectivity index (χ0v) is 13.2. The molecule has 0 saturated carbocycles. The molecule has 0 bridgehead atoms. The molecule has 0 aliphatic heterocycles. The van der Waals surface area contributed by atoms with E-state index in [1.165, 1.54) is 12.1 Å². The number of nitrogens with zero attached hydrogens (tertiary/aromatic N) is 2. The van der Waals surface area contributed by atoms with E-state index >= 15 is 0 Å². The molecular weight excluding hydrogens is 312 g/mol. The Hall–Kier alpha value is -1.70. The second-order valence-electron chi connectivity index (χ2n) is 4.58. The van der Waals surface area contributed by atoms with E-state index < -0.39 is 10.0 Å². The second-order valence-corrected chi connectivity index (χ2v) is 6.50. The van der Waals surface area contributed by atoms with E-state index in [-0.39, 0.29) is 4.90 Å². The Kier molecular flexibility index (Phi) is 4.46. The summed E-state index contributed by atoms with van der Waals surface area (Å²) in [5.74, 6) is 0.496. The number of aryl methyl sites for hydroxylation is 2. The molecule has 8 heteroatoms. The standard InChI is InChI=1S/C13H15ClN4O2S/c1-8-9(2)18-13(12(14)17-8)16-7-10-3-5-11(6-4-10)21(15,19)20/h3-6H,7H2,1-2H3,(H,16,18)(H2,15,19,20). The Morgan fingerprint density at radius 3 is 2.29 bits per heavy atom. The molecule has 21 heavy (non-hydrogen) atoms. The van der Waals surface area contributed by atoms with Gasteiger partial charge in [0, 0.05) is 6.54 Å². The topological polar surface area (TPSA) is 98.0 Å². The summed E-state index contributed by atoms with van der Waals surface area (Å²) in [6.07, 6.45) is 0. The average Bonchev–Trinajstić information content (AvgIpc) is 2.41. The number of primary sulfonamides is 1. The highest BCUT2D eigenvalue weighted by Gasteiger charge is 2.08. The summed E-state index contributed by atoms with van der Waals surface area (Å²) in [5, 5.41) is 8.42. The summed E-state index contributed by atoms with van der Waals surface area (Å²) in [6.45, 7) is 4.14. The summed E-state index contributed by atoms with van der Waals surface area (Å²) in [6, 6.07) is 6.27. The Bertz CT molecular complexity index is 760. The van der Waals surface area contributed by atoms with Crippen LogP contribution in [0.4, 0.5) is 5.82 Å². The number of hydrogen-bond acceptors (Lipinski definition) is 5. The number of halogens is 1. The average molecular weight is 327 g/mol. The summed E-state index contributed by atoms with van der Waals surface area (Å²) in [5.41, 5.74) is 2.45. The third kappa shape index (κ3) is 3.90. The Labute approximate surface area is 128 Å². The van der Waals surface area contributed by atoms with E-state index in [1.54, 1.807) is 12.1 Å². The van der Waals surface area contributed by atoms with Crippen molar-refractivity contribution >= 4 is 27.4 Å². The van der Waals surface area contributed by atoms with Crippen LogP contribution in [0.2, 0.25) is 5.15 Å². The van der Waals surface area contributed by atoms with Gasteiger partial charge in [0.2, 0.25) is 10.0 Å². The molecule has 0 amide bonds. The van der Waals surface area contributed by atoms with E-state index in [9.17, 15) is 8.42 Å². The predicted molar refractivity (Wildman–Crippen MR) is 81.7 cm³/mol. The number of sulfonamides is 1. The first-order valence-corrected chi connectivity index (χ1v) is 8.06. The van der Waals surface area contributed by atoms with Crippen LogP contribution < -0.4 is 10.5 Å². The monoisotopic (exact) mass is 326 g/mol. The number of anilines is 1. The molecule has 2 aromatic rings. The van der Waals surface area contributed by atoms with Crippen LogP contribution in [-0.4, -0.2) is 18.4 Å². The lowest BCUT2D eigenvalue weighted by atomic mass is 10.2. The summed E-state index contributed by atoms with van der Waals surface area (Å²) in [7, 11) is -3.67. The van der Waals surface area contributed by atoms with Crippen LogP contribution in [0.5, 0.6) is 0 Å². The molecule has 0 spiro atoms. The maximum absolute atomic E-state index is 11.2. The minimum atomic E-state index is -3.67. The third-order valence-corrected chi connectivity index (χ3v) is 4.17. The molecule has 0 atom stereocenters. The Balaban J connectivity index is 2.12. The van der Waals surface area contributed by atoms with Gasteiger partial charge in [-0.15, -0.1) is 0 Å². The fourth-order valence-corrected chi connectivity index (χ4v) is 2.42. The third-order valence-electron chi connectivity index (χ3n) is 2.98. The van der Waals surface area contributed by atoms with Gasteiger partial charge in [0.05, 0.1) is 16.3 Å². The first kappa shape index (κ1) is 15.7. The van der Waals surface area contributed by atoms with Crippen LogP contribution in [0.25, 0.3) is 0 Å². The van der Waals surface area contributed by atoms with E-state index in [1.807, 2.05) is 13.8 Å². The minimum absolute atomic E-state index is 0.0789. The highest BCUT2D eigenvalue weighted by molar-refractivity contribution is 7.89. The van der Waals surface area contributed by atoms with Gasteiger partial charge in [-0.1, -0.05) is 23.7 Å². The van der Waals surface area contributed by atoms with Gasteiger partial charge in [0.25, 0.3) is 0 Å². The fraction of sp³-hybridized carbons (Fsp3) is 0.231. The number of nitrogens with one attached hydrogen (secondary N) is 1. The minimum Gasteiger partial charge on any atom is -0.363 e. The summed E-state index contributed by atoms with van der Waals surface area (Å²) >= 11 is 6.02. The molecule has 1 heterocycles. The van der Waals surface area contributed by atoms with E-state index in [4.69, 9.17) is 16.7 Å². The van der Waals surface area contributed by atoms with E-state index in [2.05, 4.69) is 15.3 Å². The quantitative estimate of drug-likeness (QED) is 0.895. The summed E-state index contributed by atoms with van der Waals surface area (Å²) in [4.78, 5) is 8.58. The van der Waals surface area contributed by atoms with Gasteiger partial charge in [-0.3, -0.25) is 0 Å². The van der Waals surface area contributed by atoms with E-state index in [0.717, 1.165) is 17.0 Å². The highest BCUT2D eigenvalue weighted by Crippen LogP contribution is 2.19. The molecule has 6 nitrogen and oxygen atoms in total. The lowest BCUT2D eigenvalue weighted by Gasteiger charge is -2.09. The van der Waals surface area contributed by atoms with Crippen LogP contribution in [0.15, 0.2) is 29.2 Å². The predicted octanol–water partition coefficient (Wildman–Crippen LogP) is 2.01. The van der Waals surface area contributed by atoms with Crippen molar-refractivity contribution in [3.8, 4) is 0 Å². The SMILES string of the molecule is Cc1nc(Cl)c(NCc2ccc(S(N)(=O)=O)cc2)nc1C. The van der Waals surface area contributed by atoms with Crippen LogP contribution >= 0.6 is 11.6 Å². The molecular formula is C13H15ClN4O2S. The molecule has 0 aliphatic carbocycles. The number of benzene rings is 1. The molecule has 3 N–H and O–H groups in total. The fourth-order valence-electron chi connectivity index (χ4n) is 1.67. The second kappa shape index (κ2) is 5.97. The molecule has 0 saturated heterocycles. The lowest BCUT2D eigenvalue weighted by Crippen LogP contribution is -2.12. The van der Waals surface area contributed by atoms with Crippen LogP contribution in [-0.2, 0) is 16.6 Å². The van der Waals surface area contributed by atoms with Gasteiger partial charge < -0.3 is 5.32 Å². The van der Waals surface area contributed by atoms with Crippen molar-refractivity contribution in [3.63, 3.8) is 0 Å². The Morgan fingerprint density at radius 1 is 1.14 bits per heavy atom. The van der Waals surface area contributed by atoms with Crippen molar-refractivity contribution in [2.45, 2.75) is 25.3 Å². The van der Waals surface area contributed by atoms with Gasteiger partial charge in [0.15, 0.2) is 11.0 Å². The van der Waals surface area contributed by atoms with Crippen molar-refractivity contribution in [2.24, 2.45) is 5.14 Å². The van der Waals surface area contributed by atoms with Crippen LogP contribution in [0.3, 0.4) is 0 Å². The van der Waals surface area contributed by atoms with E-state index in [0.29, 0.717) is 17.5 Å². The molecule has 2 rings (SSSR count). The van der Waals surface area contributed by atoms with Gasteiger partial charge >= 0.3 is 0 Å². The lowest BCUT2D eigenvalue weighted by molar-refractivity contribution is 0.598. The molecule has 1 aromatic heterocycles. The number of nitrogens with two attached hydrogens (primary N) is 1. The first-order valence-electron chi connectivity index (χ1n) is 6.14. The number of aromatic nitrogens is 2. The molecule has 0 radical (unpaired) electrons. The van der Waals surface area contributed by atoms with Crippen molar-refractivity contribution in [2.75, 3.05) is 5.32 Å². The zero-order valence-electron chi connectivity index (χ0n) is 11.6. The van der Waals surface area contributed by atoms with Crippen LogP contribution in [0, 0.1) is 13.8 Å².